The zero-order valence-electron chi connectivity index (χ0n) is 18.9. The molecule has 0 aliphatic heterocycles. The third kappa shape index (κ3) is 4.65. The predicted molar refractivity (Wildman–Crippen MR) is 121 cm³/mol. The SMILES string of the molecule is CC(C)(C)OC(=O)NC1(C(=O)O)CC(NC(=O)OCC2c3ccccc3-c3ccccc32)C1. The van der Waals surface area contributed by atoms with Crippen LogP contribution in [0, 0.1) is 0 Å². The molecule has 2 aromatic rings. The summed E-state index contributed by atoms with van der Waals surface area (Å²) >= 11 is 0. The summed E-state index contributed by atoms with van der Waals surface area (Å²) in [5, 5.41) is 14.7. The molecule has 2 aliphatic rings. The Balaban J connectivity index is 1.33. The molecule has 3 N–H and O–H groups in total. The Kier molecular flexibility index (Phi) is 5.78. The van der Waals surface area contributed by atoms with Crippen LogP contribution in [0.3, 0.4) is 0 Å². The number of hydrogen-bond donors (Lipinski definition) is 3. The van der Waals surface area contributed by atoms with Crippen molar-refractivity contribution in [2.45, 2.75) is 56.7 Å². The topological polar surface area (TPSA) is 114 Å². The first kappa shape index (κ1) is 22.6. The number of carbonyl (C=O) groups is 3. The average Bonchev–Trinajstić information content (AvgIpc) is 3.03. The number of carboxylic acid groups (broad SMARTS) is 1. The molecular weight excluding hydrogens is 424 g/mol. The lowest BCUT2D eigenvalue weighted by Crippen LogP contribution is -2.68. The van der Waals surface area contributed by atoms with E-state index in [0.29, 0.717) is 0 Å². The van der Waals surface area contributed by atoms with Crippen molar-refractivity contribution in [3.63, 3.8) is 0 Å². The van der Waals surface area contributed by atoms with Crippen molar-refractivity contribution < 1.29 is 29.0 Å². The van der Waals surface area contributed by atoms with E-state index in [0.717, 1.165) is 22.3 Å². The molecule has 2 aliphatic carbocycles. The number of amides is 2. The van der Waals surface area contributed by atoms with Crippen LogP contribution in [0.1, 0.15) is 50.7 Å². The van der Waals surface area contributed by atoms with Crippen LogP contribution >= 0.6 is 0 Å². The normalized spacial score (nSPS) is 21.2. The van der Waals surface area contributed by atoms with Gasteiger partial charge in [-0.2, -0.15) is 0 Å². The van der Waals surface area contributed by atoms with E-state index < -0.39 is 35.3 Å². The second kappa shape index (κ2) is 8.42. The van der Waals surface area contributed by atoms with Gasteiger partial charge in [-0.05, 0) is 43.0 Å². The van der Waals surface area contributed by atoms with Crippen LogP contribution in [-0.4, -0.2) is 47.1 Å². The van der Waals surface area contributed by atoms with Crippen molar-refractivity contribution >= 4 is 18.2 Å². The lowest BCUT2D eigenvalue weighted by molar-refractivity contribution is -0.149. The maximum Gasteiger partial charge on any atom is 0.408 e. The van der Waals surface area contributed by atoms with Crippen LogP contribution in [0.25, 0.3) is 11.1 Å². The van der Waals surface area contributed by atoms with Crippen LogP contribution in [0.4, 0.5) is 9.59 Å². The van der Waals surface area contributed by atoms with Gasteiger partial charge in [-0.15, -0.1) is 0 Å². The second-order valence-electron chi connectivity index (χ2n) is 9.59. The Morgan fingerprint density at radius 3 is 2.03 bits per heavy atom. The molecule has 0 radical (unpaired) electrons. The summed E-state index contributed by atoms with van der Waals surface area (Å²) in [4.78, 5) is 36.2. The molecule has 2 aromatic carbocycles. The first-order valence-corrected chi connectivity index (χ1v) is 10.9. The van der Waals surface area contributed by atoms with Gasteiger partial charge in [-0.25, -0.2) is 14.4 Å². The first-order valence-electron chi connectivity index (χ1n) is 10.9. The van der Waals surface area contributed by atoms with Crippen LogP contribution in [0.15, 0.2) is 48.5 Å². The molecule has 2 amide bonds. The van der Waals surface area contributed by atoms with Crippen molar-refractivity contribution in [2.24, 2.45) is 0 Å². The fourth-order valence-electron chi connectivity index (χ4n) is 4.52. The zero-order valence-corrected chi connectivity index (χ0v) is 18.9. The number of nitrogens with one attached hydrogen (secondary N) is 2. The number of rotatable bonds is 5. The third-order valence-corrected chi connectivity index (χ3v) is 6.00. The van der Waals surface area contributed by atoms with Gasteiger partial charge in [0.1, 0.15) is 17.7 Å². The quantitative estimate of drug-likeness (QED) is 0.631. The van der Waals surface area contributed by atoms with Gasteiger partial charge in [0.25, 0.3) is 0 Å². The molecule has 0 spiro atoms. The molecule has 4 rings (SSSR count). The van der Waals surface area contributed by atoms with E-state index in [-0.39, 0.29) is 25.4 Å². The summed E-state index contributed by atoms with van der Waals surface area (Å²) < 4.78 is 10.7. The number of carbonyl (C=O) groups excluding carboxylic acids is 2. The van der Waals surface area contributed by atoms with Crippen molar-refractivity contribution in [2.75, 3.05) is 6.61 Å². The van der Waals surface area contributed by atoms with Gasteiger partial charge in [0, 0.05) is 24.8 Å². The molecule has 0 heterocycles. The fraction of sp³-hybridized carbons (Fsp3) is 0.400. The third-order valence-electron chi connectivity index (χ3n) is 6.00. The van der Waals surface area contributed by atoms with Crippen molar-refractivity contribution in [1.82, 2.24) is 10.6 Å². The highest BCUT2D eigenvalue weighted by Crippen LogP contribution is 2.44. The van der Waals surface area contributed by atoms with Gasteiger partial charge in [0.05, 0.1) is 0 Å². The number of hydrogen-bond acceptors (Lipinski definition) is 5. The van der Waals surface area contributed by atoms with Gasteiger partial charge in [-0.1, -0.05) is 48.5 Å². The molecule has 8 heteroatoms. The fourth-order valence-corrected chi connectivity index (χ4v) is 4.52. The molecule has 0 atom stereocenters. The second-order valence-corrected chi connectivity index (χ2v) is 9.59. The molecule has 0 bridgehead atoms. The van der Waals surface area contributed by atoms with Crippen LogP contribution in [0.5, 0.6) is 0 Å². The van der Waals surface area contributed by atoms with E-state index >= 15 is 0 Å². The summed E-state index contributed by atoms with van der Waals surface area (Å²) in [6.07, 6.45) is -1.32. The highest BCUT2D eigenvalue weighted by atomic mass is 16.6. The largest absolute Gasteiger partial charge is 0.480 e. The highest BCUT2D eigenvalue weighted by Gasteiger charge is 2.53. The lowest BCUT2D eigenvalue weighted by Gasteiger charge is -2.44. The van der Waals surface area contributed by atoms with E-state index in [9.17, 15) is 19.5 Å². The van der Waals surface area contributed by atoms with Crippen molar-refractivity contribution in [3.8, 4) is 11.1 Å². The van der Waals surface area contributed by atoms with Crippen LogP contribution in [-0.2, 0) is 14.3 Å². The van der Waals surface area contributed by atoms with Crippen molar-refractivity contribution in [3.05, 3.63) is 59.7 Å². The van der Waals surface area contributed by atoms with Gasteiger partial charge in [0.2, 0.25) is 0 Å². The molecular formula is C25H28N2O6. The minimum atomic E-state index is -1.47. The highest BCUT2D eigenvalue weighted by molar-refractivity contribution is 5.86. The minimum Gasteiger partial charge on any atom is -0.480 e. The average molecular weight is 453 g/mol. The molecule has 0 aromatic heterocycles. The number of benzene rings is 2. The molecule has 8 nitrogen and oxygen atoms in total. The van der Waals surface area contributed by atoms with Gasteiger partial charge >= 0.3 is 18.2 Å². The molecule has 0 unspecified atom stereocenters. The van der Waals surface area contributed by atoms with Crippen molar-refractivity contribution in [1.29, 1.82) is 0 Å². The maximum atomic E-state index is 12.4. The Bertz CT molecular complexity index is 1040. The summed E-state index contributed by atoms with van der Waals surface area (Å²) in [6, 6.07) is 15.7. The van der Waals surface area contributed by atoms with Gasteiger partial charge in [-0.3, -0.25) is 0 Å². The van der Waals surface area contributed by atoms with Gasteiger partial charge in [0.15, 0.2) is 0 Å². The number of aliphatic carboxylic acids is 1. The molecule has 33 heavy (non-hydrogen) atoms. The minimum absolute atomic E-state index is 0.0474. The Morgan fingerprint density at radius 1 is 0.970 bits per heavy atom. The Hall–Kier alpha value is -3.55. The lowest BCUT2D eigenvalue weighted by atomic mass is 9.72. The van der Waals surface area contributed by atoms with E-state index in [1.165, 1.54) is 0 Å². The summed E-state index contributed by atoms with van der Waals surface area (Å²) in [6.45, 7) is 5.26. The molecule has 0 saturated heterocycles. The summed E-state index contributed by atoms with van der Waals surface area (Å²) in [5.74, 6) is -1.23. The standard InChI is InChI=1S/C25H28N2O6/c1-24(2,3)33-23(31)27-25(21(28)29)12-15(13-25)26-22(30)32-14-20-18-10-6-4-8-16(18)17-9-5-7-11-19(17)20/h4-11,15,20H,12-14H2,1-3H3,(H,26,30)(H,27,31)(H,28,29). The Labute approximate surface area is 192 Å². The Morgan fingerprint density at radius 2 is 1.52 bits per heavy atom. The maximum absolute atomic E-state index is 12.4. The molecule has 174 valence electrons. The number of alkyl carbamates (subject to hydrolysis) is 2. The zero-order chi connectivity index (χ0) is 23.8. The monoisotopic (exact) mass is 452 g/mol. The van der Waals surface area contributed by atoms with Crippen LogP contribution < -0.4 is 10.6 Å². The summed E-state index contributed by atoms with van der Waals surface area (Å²) in [5.41, 5.74) is 2.29. The molecule has 1 saturated carbocycles. The number of ether oxygens (including phenoxy) is 2. The smallest absolute Gasteiger partial charge is 0.408 e. The van der Waals surface area contributed by atoms with E-state index in [4.69, 9.17) is 9.47 Å². The first-order chi connectivity index (χ1) is 15.6. The number of fused-ring (bicyclic) bond motifs is 3. The molecule has 1 fully saturated rings. The predicted octanol–water partition coefficient (Wildman–Crippen LogP) is 4.04. The number of carboxylic acids is 1. The van der Waals surface area contributed by atoms with Gasteiger partial charge < -0.3 is 25.2 Å². The summed E-state index contributed by atoms with van der Waals surface area (Å²) in [7, 11) is 0. The van der Waals surface area contributed by atoms with E-state index in [2.05, 4.69) is 22.8 Å². The van der Waals surface area contributed by atoms with E-state index in [1.807, 2.05) is 36.4 Å². The van der Waals surface area contributed by atoms with Crippen LogP contribution in [0.2, 0.25) is 0 Å². The van der Waals surface area contributed by atoms with E-state index in [1.54, 1.807) is 20.8 Å².